The molecule has 1 aromatic carbocycles. The third-order valence-electron chi connectivity index (χ3n) is 2.08. The monoisotopic (exact) mass is 197 g/mol. The summed E-state index contributed by atoms with van der Waals surface area (Å²) in [5, 5.41) is 9.73. The summed E-state index contributed by atoms with van der Waals surface area (Å²) in [5.74, 6) is -2.81. The fraction of sp³-hybridized carbons (Fsp3) is 0.200. The minimum Gasteiger partial charge on any atom is -0.508 e. The lowest BCUT2D eigenvalue weighted by Crippen LogP contribution is -2.06. The van der Waals surface area contributed by atoms with Gasteiger partial charge in [-0.05, 0) is 24.3 Å². The first-order valence-corrected chi connectivity index (χ1v) is 4.17. The topological polar surface area (TPSA) is 36.0 Å². The number of phenols is 1. The van der Waals surface area contributed by atoms with Gasteiger partial charge in [-0.15, -0.1) is 0 Å². The number of alkyl halides is 2. The number of aromatic amines is 1. The van der Waals surface area contributed by atoms with E-state index in [4.69, 9.17) is 5.11 Å². The van der Waals surface area contributed by atoms with Crippen LogP contribution in [0.4, 0.5) is 8.78 Å². The maximum absolute atomic E-state index is 12.9. The number of aromatic nitrogens is 1. The van der Waals surface area contributed by atoms with Gasteiger partial charge in [0, 0.05) is 17.8 Å². The maximum Gasteiger partial charge on any atom is 0.284 e. The molecule has 0 spiro atoms. The molecular weight excluding hydrogens is 188 g/mol. The summed E-state index contributed by atoms with van der Waals surface area (Å²) >= 11 is 0. The molecule has 0 amide bonds. The van der Waals surface area contributed by atoms with Gasteiger partial charge in [0.25, 0.3) is 5.92 Å². The molecule has 0 bridgehead atoms. The molecule has 74 valence electrons. The molecule has 0 aliphatic heterocycles. The van der Waals surface area contributed by atoms with E-state index in [2.05, 4.69) is 4.98 Å². The largest absolute Gasteiger partial charge is 0.508 e. The van der Waals surface area contributed by atoms with Crippen LogP contribution >= 0.6 is 0 Å². The zero-order chi connectivity index (χ0) is 10.3. The number of aromatic hydroxyl groups is 1. The van der Waals surface area contributed by atoms with Gasteiger partial charge in [0.1, 0.15) is 5.75 Å². The third-order valence-corrected chi connectivity index (χ3v) is 2.08. The Balaban J connectivity index is 2.63. The van der Waals surface area contributed by atoms with E-state index in [1.54, 1.807) is 6.07 Å². The lowest BCUT2D eigenvalue weighted by Gasteiger charge is -2.05. The van der Waals surface area contributed by atoms with Crippen LogP contribution in [0, 0.1) is 0 Å². The first-order valence-electron chi connectivity index (χ1n) is 4.17. The summed E-state index contributed by atoms with van der Waals surface area (Å²) in [5.41, 5.74) is 0.456. The Labute approximate surface area is 79.2 Å². The molecule has 0 saturated carbocycles. The molecule has 1 heterocycles. The normalized spacial score (nSPS) is 12.2. The van der Waals surface area contributed by atoms with Crippen LogP contribution in [0.3, 0.4) is 0 Å². The van der Waals surface area contributed by atoms with Crippen molar-refractivity contribution in [3.8, 4) is 5.75 Å². The molecule has 0 radical (unpaired) electrons. The lowest BCUT2D eigenvalue weighted by molar-refractivity contribution is 0.0135. The standard InChI is InChI=1S/C10H9F2NO/c1-10(11,12)9-5-6-4-7(14)2-3-8(6)13-9/h2-5,13-14H,1H3. The first-order chi connectivity index (χ1) is 6.47. The number of nitrogens with one attached hydrogen (secondary N) is 1. The SMILES string of the molecule is CC(F)(F)c1cc2cc(O)ccc2[nH]1. The zero-order valence-electron chi connectivity index (χ0n) is 7.51. The second-order valence-electron chi connectivity index (χ2n) is 3.34. The molecule has 0 aliphatic rings. The van der Waals surface area contributed by atoms with Crippen LogP contribution in [-0.4, -0.2) is 10.1 Å². The highest BCUT2D eigenvalue weighted by molar-refractivity contribution is 5.82. The minimum atomic E-state index is -2.88. The van der Waals surface area contributed by atoms with Crippen molar-refractivity contribution < 1.29 is 13.9 Å². The Morgan fingerprint density at radius 3 is 2.64 bits per heavy atom. The van der Waals surface area contributed by atoms with E-state index in [1.165, 1.54) is 18.2 Å². The highest BCUT2D eigenvalue weighted by Crippen LogP contribution is 2.30. The van der Waals surface area contributed by atoms with Gasteiger partial charge in [0.05, 0.1) is 5.69 Å². The Morgan fingerprint density at radius 2 is 2.00 bits per heavy atom. The first kappa shape index (κ1) is 8.99. The molecule has 0 fully saturated rings. The molecule has 0 atom stereocenters. The van der Waals surface area contributed by atoms with Gasteiger partial charge in [0.2, 0.25) is 0 Å². The molecule has 2 aromatic rings. The lowest BCUT2D eigenvalue weighted by atomic mass is 10.2. The summed E-state index contributed by atoms with van der Waals surface area (Å²) in [6, 6.07) is 5.81. The van der Waals surface area contributed by atoms with Gasteiger partial charge < -0.3 is 10.1 Å². The van der Waals surface area contributed by atoms with E-state index in [0.717, 1.165) is 6.92 Å². The number of benzene rings is 1. The summed E-state index contributed by atoms with van der Waals surface area (Å²) in [4.78, 5) is 2.60. The molecule has 2 rings (SSSR count). The van der Waals surface area contributed by atoms with Crippen LogP contribution in [-0.2, 0) is 5.92 Å². The van der Waals surface area contributed by atoms with E-state index in [0.29, 0.717) is 10.9 Å². The van der Waals surface area contributed by atoms with Crippen molar-refractivity contribution in [2.24, 2.45) is 0 Å². The number of rotatable bonds is 1. The molecule has 2 N–H and O–H groups in total. The molecule has 2 nitrogen and oxygen atoms in total. The van der Waals surface area contributed by atoms with Crippen LogP contribution in [0.25, 0.3) is 10.9 Å². The Bertz CT molecular complexity index is 470. The van der Waals surface area contributed by atoms with Gasteiger partial charge in [-0.2, -0.15) is 0 Å². The van der Waals surface area contributed by atoms with E-state index in [1.807, 2.05) is 0 Å². The van der Waals surface area contributed by atoms with Gasteiger partial charge >= 0.3 is 0 Å². The van der Waals surface area contributed by atoms with Crippen molar-refractivity contribution in [2.75, 3.05) is 0 Å². The summed E-state index contributed by atoms with van der Waals surface area (Å²) in [7, 11) is 0. The van der Waals surface area contributed by atoms with Crippen molar-refractivity contribution in [1.82, 2.24) is 4.98 Å². The van der Waals surface area contributed by atoms with Gasteiger partial charge in [-0.3, -0.25) is 0 Å². The molecule has 0 unspecified atom stereocenters. The highest BCUT2D eigenvalue weighted by atomic mass is 19.3. The average Bonchev–Trinajstić information content (AvgIpc) is 2.45. The molecular formula is C10H9F2NO. The molecule has 14 heavy (non-hydrogen) atoms. The van der Waals surface area contributed by atoms with Crippen molar-refractivity contribution in [2.45, 2.75) is 12.8 Å². The average molecular weight is 197 g/mol. The molecule has 0 aliphatic carbocycles. The fourth-order valence-corrected chi connectivity index (χ4v) is 1.36. The number of hydrogen-bond donors (Lipinski definition) is 2. The van der Waals surface area contributed by atoms with Crippen LogP contribution < -0.4 is 0 Å². The number of phenolic OH excluding ortho intramolecular Hbond substituents is 1. The number of H-pyrrole nitrogens is 1. The van der Waals surface area contributed by atoms with Crippen LogP contribution in [0.15, 0.2) is 24.3 Å². The smallest absolute Gasteiger partial charge is 0.284 e. The zero-order valence-corrected chi connectivity index (χ0v) is 7.51. The number of hydrogen-bond acceptors (Lipinski definition) is 1. The third kappa shape index (κ3) is 1.43. The second kappa shape index (κ2) is 2.70. The van der Waals surface area contributed by atoms with Gasteiger partial charge in [-0.25, -0.2) is 8.78 Å². The Hall–Kier alpha value is -1.58. The summed E-state index contributed by atoms with van der Waals surface area (Å²) in [6.07, 6.45) is 0. The predicted molar refractivity (Wildman–Crippen MR) is 49.5 cm³/mol. The van der Waals surface area contributed by atoms with E-state index < -0.39 is 5.92 Å². The van der Waals surface area contributed by atoms with Gasteiger partial charge in [0.15, 0.2) is 0 Å². The summed E-state index contributed by atoms with van der Waals surface area (Å²) in [6.45, 7) is 0.831. The second-order valence-corrected chi connectivity index (χ2v) is 3.34. The molecule has 1 aromatic heterocycles. The minimum absolute atomic E-state index is 0.0717. The van der Waals surface area contributed by atoms with Crippen molar-refractivity contribution >= 4 is 10.9 Å². The maximum atomic E-state index is 12.9. The Kier molecular flexibility index (Phi) is 1.74. The van der Waals surface area contributed by atoms with Gasteiger partial charge in [-0.1, -0.05) is 0 Å². The molecule has 0 saturated heterocycles. The van der Waals surface area contributed by atoms with Crippen LogP contribution in [0.1, 0.15) is 12.6 Å². The van der Waals surface area contributed by atoms with Crippen LogP contribution in [0.2, 0.25) is 0 Å². The Morgan fingerprint density at radius 1 is 1.29 bits per heavy atom. The van der Waals surface area contributed by atoms with Crippen LogP contribution in [0.5, 0.6) is 5.75 Å². The van der Waals surface area contributed by atoms with Crippen molar-refractivity contribution in [3.05, 3.63) is 30.0 Å². The molecule has 4 heteroatoms. The fourth-order valence-electron chi connectivity index (χ4n) is 1.36. The highest BCUT2D eigenvalue weighted by Gasteiger charge is 2.26. The van der Waals surface area contributed by atoms with Crippen molar-refractivity contribution in [1.29, 1.82) is 0 Å². The predicted octanol–water partition coefficient (Wildman–Crippen LogP) is 2.99. The van der Waals surface area contributed by atoms with Crippen molar-refractivity contribution in [3.63, 3.8) is 0 Å². The van der Waals surface area contributed by atoms with E-state index >= 15 is 0 Å². The van der Waals surface area contributed by atoms with E-state index in [-0.39, 0.29) is 11.4 Å². The summed E-state index contributed by atoms with van der Waals surface area (Å²) < 4.78 is 25.8. The number of fused-ring (bicyclic) bond motifs is 1. The number of halogens is 2. The quantitative estimate of drug-likeness (QED) is 0.724. The van der Waals surface area contributed by atoms with E-state index in [9.17, 15) is 8.78 Å².